The van der Waals surface area contributed by atoms with E-state index in [1.807, 2.05) is 0 Å². The third kappa shape index (κ3) is 2.11. The van der Waals surface area contributed by atoms with E-state index in [9.17, 15) is 4.79 Å². The van der Waals surface area contributed by atoms with Crippen molar-refractivity contribution < 1.29 is 9.22 Å². The Balaban J connectivity index is 3.82. The zero-order valence-corrected chi connectivity index (χ0v) is 6.32. The molecule has 2 nitrogen and oxygen atoms in total. The molecular weight excluding hydrogens is 120 g/mol. The molecule has 0 spiro atoms. The minimum atomic E-state index is -0.401. The quantitative estimate of drug-likeness (QED) is 0.449. The molecule has 0 aliphatic carbocycles. The molecule has 0 unspecified atom stereocenters. The molecule has 3 heteroatoms. The van der Waals surface area contributed by atoms with Crippen LogP contribution in [0.5, 0.6) is 0 Å². The molecule has 0 aliphatic rings. The minimum Gasteiger partial charge on any atom is -0.516 e. The molecule has 0 N–H and O–H groups in total. The van der Waals surface area contributed by atoms with Gasteiger partial charge in [0.25, 0.3) is 5.97 Å². The van der Waals surface area contributed by atoms with E-state index >= 15 is 0 Å². The first-order chi connectivity index (χ1) is 3.48. The monoisotopic (exact) mass is 129 g/mol. The molecule has 8 heavy (non-hydrogen) atoms. The van der Waals surface area contributed by atoms with Crippen molar-refractivity contribution in [3.8, 4) is 0 Å². The fraction of sp³-hybridized carbons (Fsp3) is 0.800. The van der Waals surface area contributed by atoms with Crippen LogP contribution in [0, 0.1) is 5.41 Å². The van der Waals surface area contributed by atoms with Crippen LogP contribution in [0.4, 0.5) is 0 Å². The van der Waals surface area contributed by atoms with Crippen molar-refractivity contribution in [3.05, 3.63) is 0 Å². The Morgan fingerprint density at radius 1 is 1.50 bits per heavy atom. The van der Waals surface area contributed by atoms with Crippen LogP contribution in [0.3, 0.4) is 0 Å². The molecule has 0 aromatic carbocycles. The van der Waals surface area contributed by atoms with Gasteiger partial charge in [0.15, 0.2) is 0 Å². The number of carbonyl (C=O) groups is 1. The predicted octanol–water partition coefficient (Wildman–Crippen LogP) is 0.659. The lowest BCUT2D eigenvalue weighted by molar-refractivity contribution is -0.142. The van der Waals surface area contributed by atoms with Gasteiger partial charge in [0.1, 0.15) is 0 Å². The van der Waals surface area contributed by atoms with E-state index in [0.29, 0.717) is 0 Å². The van der Waals surface area contributed by atoms with E-state index in [1.165, 1.54) is 0 Å². The SMILES string of the molecule is CC(C)(C)C(=O)O[Si]. The van der Waals surface area contributed by atoms with Gasteiger partial charge in [-0.25, -0.2) is 0 Å². The lowest BCUT2D eigenvalue weighted by Crippen LogP contribution is -2.21. The average Bonchev–Trinajstić information content (AvgIpc) is 1.62. The highest BCUT2D eigenvalue weighted by atomic mass is 28.2. The summed E-state index contributed by atoms with van der Waals surface area (Å²) in [7, 11) is 2.65. The van der Waals surface area contributed by atoms with Gasteiger partial charge in [-0.05, 0) is 20.8 Å². The van der Waals surface area contributed by atoms with Gasteiger partial charge in [0.2, 0.25) is 0 Å². The molecule has 0 aromatic heterocycles. The van der Waals surface area contributed by atoms with Crippen molar-refractivity contribution in [2.45, 2.75) is 20.8 Å². The van der Waals surface area contributed by atoms with Crippen LogP contribution in [0.2, 0.25) is 0 Å². The molecule has 0 saturated carbocycles. The van der Waals surface area contributed by atoms with E-state index in [4.69, 9.17) is 0 Å². The summed E-state index contributed by atoms with van der Waals surface area (Å²) in [6.07, 6.45) is 0. The van der Waals surface area contributed by atoms with Crippen molar-refractivity contribution in [1.29, 1.82) is 0 Å². The molecule has 0 atom stereocenters. The first-order valence-corrected chi connectivity index (χ1v) is 2.77. The Kier molecular flexibility index (Phi) is 2.21. The third-order valence-corrected chi connectivity index (χ3v) is 0.890. The number of hydrogen-bond donors (Lipinski definition) is 0. The molecule has 0 heterocycles. The molecule has 45 valence electrons. The van der Waals surface area contributed by atoms with Gasteiger partial charge < -0.3 is 4.43 Å². The largest absolute Gasteiger partial charge is 0.516 e. The summed E-state index contributed by atoms with van der Waals surface area (Å²) in [4.78, 5) is 10.6. The smallest absolute Gasteiger partial charge is 0.345 e. The van der Waals surface area contributed by atoms with E-state index in [-0.39, 0.29) is 5.97 Å². The fourth-order valence-electron chi connectivity index (χ4n) is 0.153. The molecule has 0 fully saturated rings. The van der Waals surface area contributed by atoms with E-state index in [1.54, 1.807) is 20.8 Å². The molecule has 0 bridgehead atoms. The molecular formula is C5H9O2Si. The highest BCUT2D eigenvalue weighted by molar-refractivity contribution is 6.06. The predicted molar refractivity (Wildman–Crippen MR) is 31.3 cm³/mol. The summed E-state index contributed by atoms with van der Waals surface area (Å²) in [6, 6.07) is 0. The Bertz CT molecular complexity index is 93.1. The summed E-state index contributed by atoms with van der Waals surface area (Å²) in [5.74, 6) is -0.255. The number of hydrogen-bond acceptors (Lipinski definition) is 2. The van der Waals surface area contributed by atoms with Crippen molar-refractivity contribution in [2.75, 3.05) is 0 Å². The first-order valence-electron chi connectivity index (χ1n) is 2.36. The Hall–Kier alpha value is -0.313. The van der Waals surface area contributed by atoms with Crippen LogP contribution in [-0.4, -0.2) is 16.5 Å². The molecule has 0 amide bonds. The number of rotatable bonds is 0. The van der Waals surface area contributed by atoms with E-state index < -0.39 is 5.41 Å². The molecule has 0 aromatic rings. The third-order valence-electron chi connectivity index (χ3n) is 0.705. The van der Waals surface area contributed by atoms with Gasteiger partial charge in [-0.1, -0.05) is 0 Å². The van der Waals surface area contributed by atoms with Gasteiger partial charge in [0, 0.05) is 0 Å². The van der Waals surface area contributed by atoms with Crippen molar-refractivity contribution >= 4 is 16.5 Å². The second kappa shape index (κ2) is 2.30. The molecule has 0 rings (SSSR count). The Morgan fingerprint density at radius 2 is 1.88 bits per heavy atom. The fourth-order valence-corrected chi connectivity index (χ4v) is 0.459. The number of carbonyl (C=O) groups excluding carboxylic acids is 1. The molecule has 0 saturated heterocycles. The van der Waals surface area contributed by atoms with Gasteiger partial charge in [0.05, 0.1) is 5.41 Å². The maximum absolute atomic E-state index is 10.6. The topological polar surface area (TPSA) is 26.3 Å². The molecule has 3 radical (unpaired) electrons. The van der Waals surface area contributed by atoms with Crippen molar-refractivity contribution in [3.63, 3.8) is 0 Å². The van der Waals surface area contributed by atoms with Crippen molar-refractivity contribution in [1.82, 2.24) is 0 Å². The lowest BCUT2D eigenvalue weighted by Gasteiger charge is -2.13. The highest BCUT2D eigenvalue weighted by Crippen LogP contribution is 2.13. The van der Waals surface area contributed by atoms with Crippen LogP contribution >= 0.6 is 0 Å². The van der Waals surface area contributed by atoms with Crippen LogP contribution in [-0.2, 0) is 9.22 Å². The van der Waals surface area contributed by atoms with E-state index in [0.717, 1.165) is 0 Å². The lowest BCUT2D eigenvalue weighted by atomic mass is 9.98. The normalized spacial score (nSPS) is 11.0. The summed E-state index contributed by atoms with van der Waals surface area (Å²) in [6.45, 7) is 5.36. The summed E-state index contributed by atoms with van der Waals surface area (Å²) >= 11 is 0. The van der Waals surface area contributed by atoms with Gasteiger partial charge >= 0.3 is 10.5 Å². The van der Waals surface area contributed by atoms with Gasteiger partial charge in [-0.2, -0.15) is 0 Å². The maximum Gasteiger partial charge on any atom is 0.345 e. The van der Waals surface area contributed by atoms with E-state index in [2.05, 4.69) is 14.9 Å². The van der Waals surface area contributed by atoms with Crippen LogP contribution in [0.25, 0.3) is 0 Å². The summed E-state index contributed by atoms with van der Waals surface area (Å²) in [5.41, 5.74) is -0.401. The van der Waals surface area contributed by atoms with Gasteiger partial charge in [-0.3, -0.25) is 4.79 Å². The maximum atomic E-state index is 10.6. The Labute approximate surface area is 52.8 Å². The van der Waals surface area contributed by atoms with Crippen LogP contribution in [0.15, 0.2) is 0 Å². The second-order valence-electron chi connectivity index (χ2n) is 2.64. The summed E-state index contributed by atoms with van der Waals surface area (Å²) < 4.78 is 4.28. The molecule has 0 aliphatic heterocycles. The van der Waals surface area contributed by atoms with Crippen LogP contribution in [0.1, 0.15) is 20.8 Å². The van der Waals surface area contributed by atoms with Crippen LogP contribution < -0.4 is 0 Å². The Morgan fingerprint density at radius 3 is 1.88 bits per heavy atom. The zero-order chi connectivity index (χ0) is 6.78. The second-order valence-corrected chi connectivity index (χ2v) is 2.84. The summed E-state index contributed by atoms with van der Waals surface area (Å²) in [5, 5.41) is 0. The van der Waals surface area contributed by atoms with Gasteiger partial charge in [-0.15, -0.1) is 0 Å². The highest BCUT2D eigenvalue weighted by Gasteiger charge is 2.20. The van der Waals surface area contributed by atoms with Crippen molar-refractivity contribution in [2.24, 2.45) is 5.41 Å². The zero-order valence-electron chi connectivity index (χ0n) is 5.32. The standard InChI is InChI=1S/C5H9O2Si/c1-5(2,3)4(6)7-8/h1-3H3. The minimum absolute atomic E-state index is 0.255. The first kappa shape index (κ1) is 7.69. The average molecular weight is 129 g/mol.